The van der Waals surface area contributed by atoms with Gasteiger partial charge in [-0.15, -0.1) is 23.5 Å². The maximum Gasteiger partial charge on any atom is 0.319 e. The summed E-state index contributed by atoms with van der Waals surface area (Å²) in [6.45, 7) is 2.80. The quantitative estimate of drug-likeness (QED) is 0.651. The molecular weight excluding hydrogens is 374 g/mol. The summed E-state index contributed by atoms with van der Waals surface area (Å²) < 4.78 is 0. The van der Waals surface area contributed by atoms with Crippen LogP contribution in [-0.2, 0) is 5.41 Å². The average Bonchev–Trinajstić information content (AvgIpc) is 3.19. The van der Waals surface area contributed by atoms with Gasteiger partial charge in [-0.3, -0.25) is 0 Å². The number of hydrogen-bond acceptors (Lipinski definition) is 4. The van der Waals surface area contributed by atoms with E-state index in [1.807, 2.05) is 18.5 Å². The van der Waals surface area contributed by atoms with Crippen molar-refractivity contribution in [1.82, 2.24) is 16.0 Å². The molecule has 6 heteroatoms. The number of rotatable bonds is 6. The summed E-state index contributed by atoms with van der Waals surface area (Å²) in [5.74, 6) is 0. The van der Waals surface area contributed by atoms with Gasteiger partial charge in [-0.25, -0.2) is 4.79 Å². The predicted molar refractivity (Wildman–Crippen MR) is 118 cm³/mol. The van der Waals surface area contributed by atoms with Crippen molar-refractivity contribution in [2.24, 2.45) is 0 Å². The van der Waals surface area contributed by atoms with Crippen LogP contribution in [0.3, 0.4) is 0 Å². The lowest BCUT2D eigenvalue weighted by molar-refractivity contribution is 0.239. The Balaban J connectivity index is 1.63. The first-order chi connectivity index (χ1) is 13.0. The molecule has 1 heterocycles. The molecule has 1 aromatic rings. The van der Waals surface area contributed by atoms with Gasteiger partial charge in [0.15, 0.2) is 0 Å². The molecule has 146 valence electrons. The molecule has 1 aromatic carbocycles. The molecule has 1 saturated carbocycles. The molecule has 3 N–H and O–H groups in total. The van der Waals surface area contributed by atoms with E-state index in [1.165, 1.54) is 18.4 Å². The van der Waals surface area contributed by atoms with Gasteiger partial charge in [-0.1, -0.05) is 43.2 Å². The van der Waals surface area contributed by atoms with Crippen LogP contribution in [0, 0.1) is 0 Å². The van der Waals surface area contributed by atoms with Crippen molar-refractivity contribution in [1.29, 1.82) is 0 Å². The molecule has 0 aromatic heterocycles. The molecule has 0 spiro atoms. The van der Waals surface area contributed by atoms with E-state index in [0.29, 0.717) is 6.54 Å². The fourth-order valence-corrected chi connectivity index (χ4v) is 5.04. The summed E-state index contributed by atoms with van der Waals surface area (Å²) in [5.41, 5.74) is 2.22. The third kappa shape index (κ3) is 4.66. The van der Waals surface area contributed by atoms with Crippen molar-refractivity contribution in [2.75, 3.05) is 19.1 Å². The van der Waals surface area contributed by atoms with Crippen LogP contribution in [0.2, 0.25) is 0 Å². The van der Waals surface area contributed by atoms with E-state index in [-0.39, 0.29) is 16.3 Å². The smallest absolute Gasteiger partial charge is 0.319 e. The average molecular weight is 404 g/mol. The Hall–Kier alpha value is -1.53. The minimum absolute atomic E-state index is 0.0629. The molecule has 0 bridgehead atoms. The lowest BCUT2D eigenvalue weighted by Gasteiger charge is -2.32. The third-order valence-electron chi connectivity index (χ3n) is 5.60. The zero-order valence-corrected chi connectivity index (χ0v) is 17.9. The Morgan fingerprint density at radius 3 is 2.52 bits per heavy atom. The van der Waals surface area contributed by atoms with Crippen LogP contribution in [0.25, 0.3) is 0 Å². The summed E-state index contributed by atoms with van der Waals surface area (Å²) in [6, 6.07) is 10.5. The first-order valence-electron chi connectivity index (χ1n) is 9.41. The molecule has 0 saturated heterocycles. The van der Waals surface area contributed by atoms with E-state index < -0.39 is 0 Å². The van der Waals surface area contributed by atoms with Crippen LogP contribution in [0.1, 0.15) is 38.2 Å². The molecule has 2 amide bonds. The Labute approximate surface area is 171 Å². The van der Waals surface area contributed by atoms with Gasteiger partial charge in [0.2, 0.25) is 0 Å². The largest absolute Gasteiger partial charge is 0.372 e. The van der Waals surface area contributed by atoms with Crippen molar-refractivity contribution in [3.63, 3.8) is 0 Å². The monoisotopic (exact) mass is 403 g/mol. The van der Waals surface area contributed by atoms with Crippen LogP contribution in [0.15, 0.2) is 53.2 Å². The highest BCUT2D eigenvalue weighted by atomic mass is 32.2. The van der Waals surface area contributed by atoms with Gasteiger partial charge >= 0.3 is 6.03 Å². The molecule has 1 aliphatic carbocycles. The van der Waals surface area contributed by atoms with E-state index in [9.17, 15) is 4.79 Å². The summed E-state index contributed by atoms with van der Waals surface area (Å²) >= 11 is 3.39. The third-order valence-corrected chi connectivity index (χ3v) is 7.46. The molecule has 0 radical (unpaired) electrons. The van der Waals surface area contributed by atoms with Crippen LogP contribution < -0.4 is 16.0 Å². The van der Waals surface area contributed by atoms with Gasteiger partial charge in [0.25, 0.3) is 0 Å². The molecule has 27 heavy (non-hydrogen) atoms. The van der Waals surface area contributed by atoms with Crippen LogP contribution in [-0.4, -0.2) is 30.0 Å². The maximum atomic E-state index is 12.6. The second-order valence-corrected chi connectivity index (χ2v) is 9.49. The number of hydrogen-bond donors (Lipinski definition) is 3. The van der Waals surface area contributed by atoms with Gasteiger partial charge in [0.05, 0.1) is 10.6 Å². The van der Waals surface area contributed by atoms with Crippen LogP contribution >= 0.6 is 23.5 Å². The van der Waals surface area contributed by atoms with E-state index >= 15 is 0 Å². The number of carbonyl (C=O) groups excluding carboxylic acids is 1. The first-order valence-corrected chi connectivity index (χ1v) is 11.9. The zero-order valence-electron chi connectivity index (χ0n) is 16.3. The fraction of sp³-hybridized carbons (Fsp3) is 0.476. The summed E-state index contributed by atoms with van der Waals surface area (Å²) in [6.07, 6.45) is 12.9. The van der Waals surface area contributed by atoms with Crippen LogP contribution in [0.4, 0.5) is 4.79 Å². The Kier molecular flexibility index (Phi) is 6.48. The molecule has 2 aliphatic rings. The minimum Gasteiger partial charge on any atom is -0.372 e. The van der Waals surface area contributed by atoms with Crippen molar-refractivity contribution < 1.29 is 4.79 Å². The number of urea groups is 1. The normalized spacial score (nSPS) is 23.8. The van der Waals surface area contributed by atoms with E-state index in [1.54, 1.807) is 23.5 Å². The molecule has 1 aliphatic heterocycles. The van der Waals surface area contributed by atoms with Gasteiger partial charge in [-0.05, 0) is 43.9 Å². The van der Waals surface area contributed by atoms with Crippen molar-refractivity contribution in [3.8, 4) is 0 Å². The highest BCUT2D eigenvalue weighted by molar-refractivity contribution is 8.03. The lowest BCUT2D eigenvalue weighted by atomic mass is 9.79. The van der Waals surface area contributed by atoms with Crippen molar-refractivity contribution in [3.05, 3.63) is 58.8 Å². The molecule has 1 unspecified atom stereocenters. The Morgan fingerprint density at radius 2 is 1.89 bits per heavy atom. The number of thioether (sulfide) groups is 2. The first kappa shape index (κ1) is 20.2. The topological polar surface area (TPSA) is 53.2 Å². The lowest BCUT2D eigenvalue weighted by Crippen LogP contribution is -2.45. The SMILES string of the molecule is CSC1=CC(C)(SC)NC=C1NC(=O)NCC1(c2ccccc2)CCCC1. The number of carbonyl (C=O) groups is 1. The second-order valence-electron chi connectivity index (χ2n) is 7.39. The maximum absolute atomic E-state index is 12.6. The number of amides is 2. The van der Waals surface area contributed by atoms with E-state index in [4.69, 9.17) is 0 Å². The van der Waals surface area contributed by atoms with Crippen LogP contribution in [0.5, 0.6) is 0 Å². The molecule has 3 rings (SSSR count). The van der Waals surface area contributed by atoms with Gasteiger partial charge < -0.3 is 16.0 Å². The van der Waals surface area contributed by atoms with Gasteiger partial charge in [0.1, 0.15) is 0 Å². The standard InChI is InChI=1S/C21H29N3OS2/c1-20(27-3)13-18(26-2)17(14-23-20)24-19(25)22-15-21(11-7-8-12-21)16-9-5-4-6-10-16/h4-6,9-10,13-14,23H,7-8,11-12,15H2,1-3H3,(H2,22,24,25). The van der Waals surface area contributed by atoms with Crippen molar-refractivity contribution in [2.45, 2.75) is 42.9 Å². The Bertz CT molecular complexity index is 726. The highest BCUT2D eigenvalue weighted by Crippen LogP contribution is 2.40. The number of nitrogens with one attached hydrogen (secondary N) is 3. The molecule has 4 nitrogen and oxygen atoms in total. The zero-order chi connectivity index (χ0) is 19.3. The van der Waals surface area contributed by atoms with Gasteiger partial charge in [-0.2, -0.15) is 0 Å². The summed E-state index contributed by atoms with van der Waals surface area (Å²) in [4.78, 5) is 13.5. The number of benzene rings is 1. The highest BCUT2D eigenvalue weighted by Gasteiger charge is 2.36. The molecular formula is C21H29N3OS2. The molecule has 1 atom stereocenters. The minimum atomic E-state index is -0.141. The fourth-order valence-electron chi connectivity index (χ4n) is 3.87. The van der Waals surface area contributed by atoms with E-state index in [0.717, 1.165) is 23.4 Å². The predicted octanol–water partition coefficient (Wildman–Crippen LogP) is 4.57. The molecule has 1 fully saturated rings. The summed E-state index contributed by atoms with van der Waals surface area (Å²) in [5, 5.41) is 9.52. The van der Waals surface area contributed by atoms with E-state index in [2.05, 4.69) is 59.5 Å². The second kappa shape index (κ2) is 8.65. The Morgan fingerprint density at radius 1 is 1.19 bits per heavy atom. The van der Waals surface area contributed by atoms with Crippen molar-refractivity contribution >= 4 is 29.6 Å². The number of dihydropyridines is 1. The van der Waals surface area contributed by atoms with Gasteiger partial charge in [0, 0.05) is 23.1 Å². The summed E-state index contributed by atoms with van der Waals surface area (Å²) in [7, 11) is 0.